The molecule has 1 aliphatic heterocycles. The SMILES string of the molecule is Cc1ccc(Nc2nc(C)ncc2C)cc1.Cc1ncc(C)c(Nc2cccc([N+](=O)[O-])c2)n1.Cc1ncc(C)c(Nc2cccc3c2OCO3)n1.Cc1ncc(C)c(Nc2cccc3ccccc23)n1.Cc1ncc(C)c(Nc2nccc3ccccc23)n1.[C-]#[N+]c1ccc(Nc2nc(C)ncc2C)cc1Cl. The van der Waals surface area contributed by atoms with E-state index >= 15 is 0 Å². The fourth-order valence-corrected chi connectivity index (χ4v) is 10.5. The first kappa shape index (κ1) is 76.9. The minimum atomic E-state index is -0.427. The number of hydrogen-bond acceptors (Lipinski definition) is 23. The van der Waals surface area contributed by atoms with E-state index in [9.17, 15) is 10.1 Å². The number of nitro groups is 1. The van der Waals surface area contributed by atoms with Crippen molar-refractivity contribution >= 4 is 114 Å². The van der Waals surface area contributed by atoms with Crippen LogP contribution in [0.25, 0.3) is 26.4 Å². The molecule has 0 bridgehead atoms. The maximum Gasteiger partial charge on any atom is 0.271 e. The Bertz CT molecular complexity index is 5410. The molecule has 108 heavy (non-hydrogen) atoms. The summed E-state index contributed by atoms with van der Waals surface area (Å²) < 4.78 is 10.8. The van der Waals surface area contributed by atoms with Crippen molar-refractivity contribution in [1.82, 2.24) is 64.8 Å². The molecule has 7 aromatic heterocycles. The lowest BCUT2D eigenvalue weighted by atomic mass is 10.1. The number of pyridine rings is 1. The van der Waals surface area contributed by atoms with Crippen molar-refractivity contribution in [2.45, 2.75) is 90.0 Å². The number of hydrogen-bond donors (Lipinski definition) is 6. The van der Waals surface area contributed by atoms with Gasteiger partial charge in [-0.3, -0.25) is 10.1 Å². The Morgan fingerprint density at radius 2 is 0.806 bits per heavy atom. The van der Waals surface area contributed by atoms with Crippen LogP contribution < -0.4 is 41.4 Å². The summed E-state index contributed by atoms with van der Waals surface area (Å²) in [7, 11) is 0. The van der Waals surface area contributed by atoms with Gasteiger partial charge >= 0.3 is 0 Å². The fourth-order valence-electron chi connectivity index (χ4n) is 10.3. The van der Waals surface area contributed by atoms with Crippen LogP contribution in [0, 0.1) is 107 Å². The number of halogens is 1. The molecule has 0 radical (unpaired) electrons. The van der Waals surface area contributed by atoms with Crippen LogP contribution in [0.1, 0.15) is 73.9 Å². The summed E-state index contributed by atoms with van der Waals surface area (Å²) in [5, 5.41) is 35.2. The normalized spacial score (nSPS) is 10.7. The molecule has 0 spiro atoms. The largest absolute Gasteiger partial charge is 0.454 e. The van der Waals surface area contributed by atoms with E-state index in [1.807, 2.05) is 168 Å². The number of fused-ring (bicyclic) bond motifs is 3. The number of aryl methyl sites for hydroxylation is 13. The quantitative estimate of drug-likeness (QED) is 0.0355. The molecule has 0 atom stereocenters. The lowest BCUT2D eigenvalue weighted by Crippen LogP contribution is -2.01. The van der Waals surface area contributed by atoms with Gasteiger partial charge in [-0.15, -0.1) is 0 Å². The van der Waals surface area contributed by atoms with Crippen LogP contribution in [0.3, 0.4) is 0 Å². The molecule has 8 heterocycles. The fraction of sp³-hybridized carbons (Fsp3) is 0.171. The molecule has 15 rings (SSSR count). The summed E-state index contributed by atoms with van der Waals surface area (Å²) >= 11 is 5.98. The summed E-state index contributed by atoms with van der Waals surface area (Å²) in [6, 6.07) is 50.2. The summed E-state index contributed by atoms with van der Waals surface area (Å²) in [6.45, 7) is 32.2. The first-order chi connectivity index (χ1) is 52.0. The van der Waals surface area contributed by atoms with Crippen LogP contribution in [0.5, 0.6) is 11.5 Å². The number of non-ortho nitro benzene ring substituents is 1. The Morgan fingerprint density at radius 1 is 0.398 bits per heavy atom. The topological polar surface area (TPSA) is 306 Å². The second-order valence-electron chi connectivity index (χ2n) is 24.8. The number of nitrogens with zero attached hydrogens (tertiary/aromatic N) is 15. The highest BCUT2D eigenvalue weighted by atomic mass is 35.5. The lowest BCUT2D eigenvalue weighted by molar-refractivity contribution is -0.384. The van der Waals surface area contributed by atoms with Gasteiger partial charge < -0.3 is 41.4 Å². The van der Waals surface area contributed by atoms with E-state index in [0.717, 1.165) is 137 Å². The van der Waals surface area contributed by atoms with E-state index in [1.165, 1.54) is 28.5 Å². The van der Waals surface area contributed by atoms with Gasteiger partial charge in [-0.25, -0.2) is 69.6 Å². The highest BCUT2D eigenvalue weighted by molar-refractivity contribution is 6.33. The number of benzene rings is 7. The van der Waals surface area contributed by atoms with E-state index < -0.39 is 4.92 Å². The lowest BCUT2D eigenvalue weighted by Gasteiger charge is -2.11. The van der Waals surface area contributed by atoms with Crippen molar-refractivity contribution < 1.29 is 14.4 Å². The highest BCUT2D eigenvalue weighted by Crippen LogP contribution is 2.40. The summed E-state index contributed by atoms with van der Waals surface area (Å²) in [5.74, 6) is 11.4. The van der Waals surface area contributed by atoms with Crippen LogP contribution in [0.2, 0.25) is 5.02 Å². The molecule has 0 amide bonds. The average molecular weight is 1460 g/mol. The van der Waals surface area contributed by atoms with Gasteiger partial charge in [-0.1, -0.05) is 108 Å². The van der Waals surface area contributed by atoms with Crippen molar-refractivity contribution in [2.24, 2.45) is 0 Å². The maximum atomic E-state index is 10.7. The van der Waals surface area contributed by atoms with E-state index in [-0.39, 0.29) is 12.5 Å². The van der Waals surface area contributed by atoms with Crippen LogP contribution in [0.4, 0.5) is 80.5 Å². The molecule has 0 saturated heterocycles. The number of anilines is 12. The zero-order valence-corrected chi connectivity index (χ0v) is 62.7. The minimum absolute atomic E-state index is 0.0448. The van der Waals surface area contributed by atoms with E-state index in [0.29, 0.717) is 33.9 Å². The maximum absolute atomic E-state index is 10.7. The van der Waals surface area contributed by atoms with Crippen molar-refractivity contribution in [2.75, 3.05) is 38.7 Å². The monoisotopic (exact) mass is 1460 g/mol. The van der Waals surface area contributed by atoms with E-state index in [1.54, 1.807) is 62.0 Å². The third-order valence-electron chi connectivity index (χ3n) is 16.1. The predicted octanol–water partition coefficient (Wildman–Crippen LogP) is 19.9. The summed E-state index contributed by atoms with van der Waals surface area (Å²) in [5.41, 5.74) is 12.0. The molecule has 26 heteroatoms. The molecule has 0 fully saturated rings. The number of nitro benzene ring substituents is 1. The Hall–Kier alpha value is -13.7. The number of ether oxygens (including phenoxy) is 2. The van der Waals surface area contributed by atoms with Crippen LogP contribution >= 0.6 is 11.6 Å². The van der Waals surface area contributed by atoms with Crippen LogP contribution in [-0.4, -0.2) is 76.5 Å². The van der Waals surface area contributed by atoms with Gasteiger partial charge in [-0.2, -0.15) is 0 Å². The first-order valence-corrected chi connectivity index (χ1v) is 34.5. The van der Waals surface area contributed by atoms with Gasteiger partial charge in [0.05, 0.1) is 17.2 Å². The zero-order chi connectivity index (χ0) is 76.8. The molecule has 7 aromatic carbocycles. The molecule has 0 aliphatic carbocycles. The standard InChI is InChI=1S/C16H15N3.C15H14N4.C13H11ClN4.C13H13N3O2.C13H15N3.C12H12N4O2/c1-11-10-17-12(2)18-16(11)19-15-9-5-7-13-6-3-4-8-14(13)15;1-10-9-17-11(2)18-14(10)19-15-13-6-4-3-5-12(13)7-8-16-15;1-8-7-16-9(2)17-13(8)18-10-4-5-12(15-3)11(14)6-10;1-8-6-14-9(2)15-13(8)16-10-4-3-5-11-12(10)18-7-17-11;1-9-4-6-12(7-5-9)16-13-10(2)8-14-11(3)15-13;1-8-7-13-9(2)14-12(8)15-10-4-3-5-11(6-10)16(17)18/h3-10H,1-2H3,(H,17,18,19);3-9H,1-2H3,(H,16,17,18,19);4-7H,1-2H3,(H,16,17,18);3-6H,7H2,1-2H3,(H,14,15,16);4-8H,1-3H3,(H,14,15,16);3-7H,1-2H3,(H,13,14,15). The van der Waals surface area contributed by atoms with Gasteiger partial charge in [0.25, 0.3) is 5.69 Å². The van der Waals surface area contributed by atoms with Crippen molar-refractivity contribution in [1.29, 1.82) is 0 Å². The summed E-state index contributed by atoms with van der Waals surface area (Å²) in [4.78, 5) is 69.0. The molecule has 0 saturated carbocycles. The minimum Gasteiger partial charge on any atom is -0.454 e. The van der Waals surface area contributed by atoms with E-state index in [2.05, 4.69) is 151 Å². The van der Waals surface area contributed by atoms with Gasteiger partial charge in [-0.05, 0) is 155 Å². The molecule has 1 aliphatic rings. The number of para-hydroxylation sites is 1. The van der Waals surface area contributed by atoms with Crippen LogP contribution in [0.15, 0.2) is 201 Å². The molecule has 14 aromatic rings. The third kappa shape index (κ3) is 21.5. The average Bonchev–Trinajstić information content (AvgIpc) is 1.79. The van der Waals surface area contributed by atoms with Gasteiger partial charge in [0.2, 0.25) is 12.5 Å². The molecule has 25 nitrogen and oxygen atoms in total. The number of aromatic nitrogens is 13. The molecular weight excluding hydrogens is 1380 g/mol. The van der Waals surface area contributed by atoms with Crippen molar-refractivity contribution in [3.63, 3.8) is 0 Å². The van der Waals surface area contributed by atoms with Crippen molar-refractivity contribution in [3.8, 4) is 11.5 Å². The van der Waals surface area contributed by atoms with Gasteiger partial charge in [0.1, 0.15) is 75.7 Å². The number of nitrogens with one attached hydrogen (secondary N) is 6. The van der Waals surface area contributed by atoms with E-state index in [4.69, 9.17) is 27.6 Å². The predicted molar refractivity (Wildman–Crippen MR) is 429 cm³/mol. The molecule has 6 N–H and O–H groups in total. The molecule has 544 valence electrons. The Morgan fingerprint density at radius 3 is 1.31 bits per heavy atom. The Balaban J connectivity index is 0.000000138. The summed E-state index contributed by atoms with van der Waals surface area (Å²) in [6.07, 6.45) is 12.6. The smallest absolute Gasteiger partial charge is 0.271 e. The second-order valence-corrected chi connectivity index (χ2v) is 25.2. The highest BCUT2D eigenvalue weighted by Gasteiger charge is 2.19. The van der Waals surface area contributed by atoms with Crippen molar-refractivity contribution in [3.05, 3.63) is 302 Å². The molecule has 0 unspecified atom stereocenters. The molecular formula is C82H80ClN21O4. The Labute approximate surface area is 631 Å². The second kappa shape index (κ2) is 36.6. The zero-order valence-electron chi connectivity index (χ0n) is 62.0. The first-order valence-electron chi connectivity index (χ1n) is 34.1. The Kier molecular flexibility index (Phi) is 26.1. The van der Waals surface area contributed by atoms with Gasteiger partial charge in [0, 0.05) is 127 Å². The third-order valence-corrected chi connectivity index (χ3v) is 16.4. The van der Waals surface area contributed by atoms with Gasteiger partial charge in [0.15, 0.2) is 11.5 Å². The number of rotatable bonds is 13. The van der Waals surface area contributed by atoms with Crippen LogP contribution in [-0.2, 0) is 0 Å².